The Balaban J connectivity index is 2.02. The molecular weight excluding hydrogens is 364 g/mol. The average Bonchev–Trinajstić information content (AvgIpc) is 2.93. The normalized spacial score (nSPS) is 11.6. The summed E-state index contributed by atoms with van der Waals surface area (Å²) in [5, 5.41) is 11.3. The van der Waals surface area contributed by atoms with Crippen molar-refractivity contribution >= 4 is 17.7 Å². The van der Waals surface area contributed by atoms with Gasteiger partial charge in [-0.3, -0.25) is 4.79 Å². The Bertz CT molecular complexity index is 750. The van der Waals surface area contributed by atoms with Gasteiger partial charge in [0.25, 0.3) is 0 Å². The molecule has 1 amide bonds. The van der Waals surface area contributed by atoms with E-state index in [0.717, 1.165) is 18.2 Å². The molecule has 7 nitrogen and oxygen atoms in total. The summed E-state index contributed by atoms with van der Waals surface area (Å²) in [6, 6.07) is 5.89. The zero-order valence-corrected chi connectivity index (χ0v) is 15.5. The first-order chi connectivity index (χ1) is 12.2. The summed E-state index contributed by atoms with van der Waals surface area (Å²) in [5.74, 6) is 6.40. The minimum Gasteiger partial charge on any atom is -0.435 e. The summed E-state index contributed by atoms with van der Waals surface area (Å²) < 4.78 is 29.9. The number of hydrogen-bond donors (Lipinski definition) is 2. The quantitative estimate of drug-likeness (QED) is 0.536. The molecule has 2 rings (SSSR count). The maximum atomic E-state index is 12.2. The van der Waals surface area contributed by atoms with Crippen molar-refractivity contribution in [1.82, 2.24) is 20.2 Å². The van der Waals surface area contributed by atoms with E-state index in [1.54, 1.807) is 12.1 Å². The Morgan fingerprint density at radius 3 is 2.58 bits per heavy atom. The molecule has 0 aliphatic heterocycles. The van der Waals surface area contributed by atoms with Crippen molar-refractivity contribution in [3.8, 4) is 17.1 Å². The van der Waals surface area contributed by atoms with Gasteiger partial charge in [0, 0.05) is 11.1 Å². The van der Waals surface area contributed by atoms with Crippen molar-refractivity contribution in [2.75, 3.05) is 11.6 Å². The van der Waals surface area contributed by atoms with E-state index < -0.39 is 6.61 Å². The molecule has 0 bridgehead atoms. The maximum Gasteiger partial charge on any atom is 0.387 e. The van der Waals surface area contributed by atoms with Gasteiger partial charge in [0.05, 0.1) is 5.75 Å². The van der Waals surface area contributed by atoms with Gasteiger partial charge in [-0.1, -0.05) is 18.7 Å². The van der Waals surface area contributed by atoms with Gasteiger partial charge in [-0.15, -0.1) is 10.2 Å². The number of nitrogens with one attached hydrogen (secondary N) is 1. The number of nitrogens with zero attached hydrogens (tertiary/aromatic N) is 3. The first-order valence-corrected chi connectivity index (χ1v) is 8.90. The van der Waals surface area contributed by atoms with Crippen LogP contribution >= 0.6 is 11.8 Å². The van der Waals surface area contributed by atoms with Gasteiger partial charge in [-0.25, -0.2) is 4.68 Å². The smallest absolute Gasteiger partial charge is 0.387 e. The van der Waals surface area contributed by atoms with Crippen LogP contribution in [0.15, 0.2) is 29.4 Å². The van der Waals surface area contributed by atoms with E-state index in [2.05, 4.69) is 20.3 Å². The number of nitrogens with two attached hydrogens (primary N) is 1. The first kappa shape index (κ1) is 20.0. The number of alkyl halides is 2. The predicted molar refractivity (Wildman–Crippen MR) is 95.5 cm³/mol. The van der Waals surface area contributed by atoms with Crippen LogP contribution in [0, 0.1) is 0 Å². The molecule has 0 aliphatic carbocycles. The van der Waals surface area contributed by atoms with Gasteiger partial charge in [-0.05, 0) is 44.5 Å². The van der Waals surface area contributed by atoms with Crippen molar-refractivity contribution in [2.24, 2.45) is 0 Å². The molecule has 10 heteroatoms. The number of carbonyl (C=O) groups excluding carboxylic acids is 1. The van der Waals surface area contributed by atoms with E-state index in [9.17, 15) is 13.6 Å². The maximum absolute atomic E-state index is 12.2. The predicted octanol–water partition coefficient (Wildman–Crippen LogP) is 2.66. The van der Waals surface area contributed by atoms with Crippen LogP contribution < -0.4 is 15.9 Å². The topological polar surface area (TPSA) is 95.1 Å². The Labute approximate surface area is 154 Å². The number of carbonyl (C=O) groups is 1. The molecular formula is C16H21F2N5O2S. The lowest BCUT2D eigenvalue weighted by molar-refractivity contribution is -0.120. The monoisotopic (exact) mass is 385 g/mol. The molecule has 26 heavy (non-hydrogen) atoms. The second-order valence-corrected chi connectivity index (χ2v) is 7.10. The number of rotatable bonds is 8. The zero-order chi connectivity index (χ0) is 19.3. The number of aromatic nitrogens is 3. The fourth-order valence-corrected chi connectivity index (χ4v) is 2.65. The zero-order valence-electron chi connectivity index (χ0n) is 14.7. The van der Waals surface area contributed by atoms with Crippen molar-refractivity contribution in [3.05, 3.63) is 24.3 Å². The lowest BCUT2D eigenvalue weighted by atomic mass is 10.0. The van der Waals surface area contributed by atoms with Gasteiger partial charge in [0.15, 0.2) is 5.82 Å². The van der Waals surface area contributed by atoms with Crippen molar-refractivity contribution in [2.45, 2.75) is 44.5 Å². The molecule has 0 fully saturated rings. The second-order valence-electron chi connectivity index (χ2n) is 6.15. The Hall–Kier alpha value is -2.36. The second kappa shape index (κ2) is 8.35. The van der Waals surface area contributed by atoms with E-state index >= 15 is 0 Å². The average molecular weight is 385 g/mol. The van der Waals surface area contributed by atoms with E-state index in [0.29, 0.717) is 16.5 Å². The summed E-state index contributed by atoms with van der Waals surface area (Å²) in [5.41, 5.74) is 0.311. The molecule has 1 aromatic carbocycles. The minimum atomic E-state index is -2.88. The Morgan fingerprint density at radius 1 is 1.35 bits per heavy atom. The molecule has 3 N–H and O–H groups in total. The Kier molecular flexibility index (Phi) is 6.41. The highest BCUT2D eigenvalue weighted by Crippen LogP contribution is 2.24. The highest BCUT2D eigenvalue weighted by molar-refractivity contribution is 7.99. The largest absolute Gasteiger partial charge is 0.435 e. The molecule has 0 saturated heterocycles. The molecule has 0 radical (unpaired) electrons. The van der Waals surface area contributed by atoms with Gasteiger partial charge in [0.1, 0.15) is 5.75 Å². The van der Waals surface area contributed by atoms with Gasteiger partial charge in [-0.2, -0.15) is 8.78 Å². The molecule has 0 aliphatic rings. The van der Waals surface area contributed by atoms with Crippen molar-refractivity contribution < 1.29 is 18.3 Å². The molecule has 142 valence electrons. The van der Waals surface area contributed by atoms with E-state index in [1.807, 2.05) is 20.8 Å². The van der Waals surface area contributed by atoms with Crippen LogP contribution in [0.4, 0.5) is 8.78 Å². The molecule has 0 atom stereocenters. The third kappa shape index (κ3) is 5.32. The van der Waals surface area contributed by atoms with Crippen LogP contribution in [0.2, 0.25) is 0 Å². The Morgan fingerprint density at radius 2 is 2.00 bits per heavy atom. The third-order valence-electron chi connectivity index (χ3n) is 3.70. The van der Waals surface area contributed by atoms with Crippen molar-refractivity contribution in [1.29, 1.82) is 0 Å². The van der Waals surface area contributed by atoms with Crippen LogP contribution in [-0.4, -0.2) is 38.7 Å². The lowest BCUT2D eigenvalue weighted by Gasteiger charge is -2.24. The summed E-state index contributed by atoms with van der Waals surface area (Å²) in [7, 11) is 0. The van der Waals surface area contributed by atoms with Crippen LogP contribution in [0.5, 0.6) is 5.75 Å². The van der Waals surface area contributed by atoms with Crippen LogP contribution in [0.25, 0.3) is 11.4 Å². The van der Waals surface area contributed by atoms with Gasteiger partial charge in [0.2, 0.25) is 11.1 Å². The van der Waals surface area contributed by atoms with E-state index in [4.69, 9.17) is 5.84 Å². The highest BCUT2D eigenvalue weighted by Gasteiger charge is 2.19. The molecule has 0 unspecified atom stereocenters. The highest BCUT2D eigenvalue weighted by atomic mass is 32.2. The molecule has 1 heterocycles. The molecule has 2 aromatic rings. The van der Waals surface area contributed by atoms with Crippen LogP contribution in [-0.2, 0) is 4.79 Å². The molecule has 0 spiro atoms. The number of thioether (sulfide) groups is 1. The SMILES string of the molecule is CCC(C)(C)NC(=O)CSc1nnc(-c2ccc(OC(F)F)cc2)n1N. The minimum absolute atomic E-state index is 0.0386. The number of benzene rings is 1. The summed E-state index contributed by atoms with van der Waals surface area (Å²) >= 11 is 1.16. The number of hydrogen-bond acceptors (Lipinski definition) is 6. The summed E-state index contributed by atoms with van der Waals surface area (Å²) in [6.45, 7) is 3.00. The first-order valence-electron chi connectivity index (χ1n) is 7.91. The fraction of sp³-hybridized carbons (Fsp3) is 0.438. The fourth-order valence-electron chi connectivity index (χ4n) is 1.99. The number of amides is 1. The van der Waals surface area contributed by atoms with E-state index in [1.165, 1.54) is 16.8 Å². The molecule has 1 aromatic heterocycles. The van der Waals surface area contributed by atoms with E-state index in [-0.39, 0.29) is 22.9 Å². The van der Waals surface area contributed by atoms with Crippen LogP contribution in [0.1, 0.15) is 27.2 Å². The molecule has 0 saturated carbocycles. The van der Waals surface area contributed by atoms with Gasteiger partial charge >= 0.3 is 6.61 Å². The third-order valence-corrected chi connectivity index (χ3v) is 4.64. The lowest BCUT2D eigenvalue weighted by Crippen LogP contribution is -2.43. The summed E-state index contributed by atoms with van der Waals surface area (Å²) in [4.78, 5) is 12.0. The summed E-state index contributed by atoms with van der Waals surface area (Å²) in [6.07, 6.45) is 0.811. The van der Waals surface area contributed by atoms with Crippen molar-refractivity contribution in [3.63, 3.8) is 0 Å². The van der Waals surface area contributed by atoms with Crippen LogP contribution in [0.3, 0.4) is 0 Å². The number of nitrogen functional groups attached to an aromatic ring is 1. The number of ether oxygens (including phenoxy) is 1. The standard InChI is InChI=1S/C16H21F2N5O2S/c1-4-16(2,3)20-12(24)9-26-15-22-21-13(23(15)19)10-5-7-11(8-6-10)25-14(17)18/h5-8,14H,4,9,19H2,1-3H3,(H,20,24). The van der Waals surface area contributed by atoms with Gasteiger partial charge < -0.3 is 15.9 Å². The number of halogens is 2.